The van der Waals surface area contributed by atoms with Gasteiger partial charge >= 0.3 is 5.97 Å². The maximum atomic E-state index is 10.7. The highest BCUT2D eigenvalue weighted by molar-refractivity contribution is 5.87. The lowest BCUT2D eigenvalue weighted by molar-refractivity contribution is -0.133. The largest absolute Gasteiger partial charge is 0.489 e. The van der Waals surface area contributed by atoms with E-state index in [1.165, 1.54) is 10.8 Å². The Labute approximate surface area is 140 Å². The number of fused-ring (bicyclic) bond motifs is 1. The third-order valence-corrected chi connectivity index (χ3v) is 3.61. The first-order chi connectivity index (χ1) is 11.6. The van der Waals surface area contributed by atoms with Gasteiger partial charge in [-0.25, -0.2) is 4.79 Å². The first kappa shape index (κ1) is 15.6. The van der Waals surface area contributed by atoms with E-state index in [0.717, 1.165) is 11.4 Å². The topological polar surface area (TPSA) is 58.6 Å². The van der Waals surface area contributed by atoms with Crippen molar-refractivity contribution in [1.29, 1.82) is 0 Å². The summed E-state index contributed by atoms with van der Waals surface area (Å²) in [4.78, 5) is 10.7. The minimum atomic E-state index is -1.05. The second-order valence-electron chi connectivity index (χ2n) is 5.41. The van der Waals surface area contributed by atoms with Crippen molar-refractivity contribution in [1.82, 2.24) is 0 Å². The Morgan fingerprint density at radius 1 is 0.958 bits per heavy atom. The van der Waals surface area contributed by atoms with Crippen molar-refractivity contribution in [2.24, 2.45) is 0 Å². The van der Waals surface area contributed by atoms with Crippen molar-refractivity contribution in [3.8, 4) is 5.75 Å². The molecule has 3 aromatic carbocycles. The third-order valence-electron chi connectivity index (χ3n) is 3.61. The van der Waals surface area contributed by atoms with Crippen LogP contribution in [0.1, 0.15) is 0 Å². The molecule has 0 heterocycles. The van der Waals surface area contributed by atoms with Gasteiger partial charge in [0, 0.05) is 11.4 Å². The van der Waals surface area contributed by atoms with E-state index in [-0.39, 0.29) is 12.2 Å². The molecule has 0 fully saturated rings. The lowest BCUT2D eigenvalue weighted by atomic mass is 10.1. The molecule has 0 amide bonds. The van der Waals surface area contributed by atoms with Crippen molar-refractivity contribution in [3.63, 3.8) is 0 Å². The van der Waals surface area contributed by atoms with Crippen LogP contribution in [-0.4, -0.2) is 17.7 Å². The molecule has 2 N–H and O–H groups in total. The standard InChI is InChI=1S/C20H17NO3/c1-14(20(22)23)13-24-19-10-8-17(9-11-19)21-18-7-6-15-4-2-3-5-16(15)12-18/h2-12,21H,1,13H2,(H,22,23). The lowest BCUT2D eigenvalue weighted by Crippen LogP contribution is -2.08. The molecule has 0 saturated heterocycles. The zero-order chi connectivity index (χ0) is 16.9. The molecule has 4 nitrogen and oxygen atoms in total. The van der Waals surface area contributed by atoms with Crippen molar-refractivity contribution in [2.75, 3.05) is 11.9 Å². The fourth-order valence-electron chi connectivity index (χ4n) is 2.30. The van der Waals surface area contributed by atoms with Crippen molar-refractivity contribution in [2.45, 2.75) is 0 Å². The monoisotopic (exact) mass is 319 g/mol. The Morgan fingerprint density at radius 3 is 2.33 bits per heavy atom. The van der Waals surface area contributed by atoms with Gasteiger partial charge in [-0.3, -0.25) is 0 Å². The third kappa shape index (κ3) is 3.73. The highest BCUT2D eigenvalue weighted by Crippen LogP contribution is 2.23. The van der Waals surface area contributed by atoms with Crippen LogP contribution in [0.15, 0.2) is 78.9 Å². The Kier molecular flexibility index (Phi) is 4.47. The fraction of sp³-hybridized carbons (Fsp3) is 0.0500. The van der Waals surface area contributed by atoms with E-state index in [1.807, 2.05) is 30.3 Å². The molecule has 3 aromatic rings. The van der Waals surface area contributed by atoms with Gasteiger partial charge in [0.1, 0.15) is 12.4 Å². The molecule has 0 radical (unpaired) electrons. The number of ether oxygens (including phenoxy) is 1. The summed E-state index contributed by atoms with van der Waals surface area (Å²) >= 11 is 0. The van der Waals surface area contributed by atoms with Crippen LogP contribution in [0.25, 0.3) is 10.8 Å². The number of nitrogens with one attached hydrogen (secondary N) is 1. The Bertz CT molecular complexity index is 885. The van der Waals surface area contributed by atoms with Crippen LogP contribution in [0.4, 0.5) is 11.4 Å². The Hall–Kier alpha value is -3.27. The molecule has 0 atom stereocenters. The molecular weight excluding hydrogens is 302 g/mol. The van der Waals surface area contributed by atoms with Gasteiger partial charge in [-0.15, -0.1) is 0 Å². The molecule has 0 bridgehead atoms. The van der Waals surface area contributed by atoms with Crippen LogP contribution in [0, 0.1) is 0 Å². The first-order valence-corrected chi connectivity index (χ1v) is 7.51. The van der Waals surface area contributed by atoms with Gasteiger partial charge in [0.25, 0.3) is 0 Å². The molecular formula is C20H17NO3. The summed E-state index contributed by atoms with van der Waals surface area (Å²) in [6, 6.07) is 21.7. The smallest absolute Gasteiger partial charge is 0.334 e. The first-order valence-electron chi connectivity index (χ1n) is 7.51. The quantitative estimate of drug-likeness (QED) is 0.652. The summed E-state index contributed by atoms with van der Waals surface area (Å²) in [5, 5.41) is 14.5. The molecule has 0 spiro atoms. The van der Waals surface area contributed by atoms with Crippen LogP contribution >= 0.6 is 0 Å². The van der Waals surface area contributed by atoms with E-state index < -0.39 is 5.97 Å². The number of anilines is 2. The highest BCUT2D eigenvalue weighted by Gasteiger charge is 2.04. The second-order valence-corrected chi connectivity index (χ2v) is 5.41. The number of benzene rings is 3. The van der Waals surface area contributed by atoms with Gasteiger partial charge in [0.2, 0.25) is 0 Å². The SMILES string of the molecule is C=C(COc1ccc(Nc2ccc3ccccc3c2)cc1)C(=O)O. The summed E-state index contributed by atoms with van der Waals surface area (Å²) in [5.74, 6) is -0.453. The van der Waals surface area contributed by atoms with E-state index >= 15 is 0 Å². The molecule has 0 aliphatic carbocycles. The molecule has 0 aromatic heterocycles. The highest BCUT2D eigenvalue weighted by atomic mass is 16.5. The van der Waals surface area contributed by atoms with Crippen LogP contribution < -0.4 is 10.1 Å². The summed E-state index contributed by atoms with van der Waals surface area (Å²) in [6.45, 7) is 3.40. The molecule has 0 unspecified atom stereocenters. The molecule has 4 heteroatoms. The van der Waals surface area contributed by atoms with Gasteiger partial charge in [-0.05, 0) is 47.2 Å². The van der Waals surface area contributed by atoms with Crippen LogP contribution in [0.5, 0.6) is 5.75 Å². The minimum absolute atomic E-state index is 0.0216. The van der Waals surface area contributed by atoms with Crippen molar-refractivity contribution < 1.29 is 14.6 Å². The van der Waals surface area contributed by atoms with Crippen molar-refractivity contribution in [3.05, 3.63) is 78.9 Å². The predicted octanol–water partition coefficient (Wildman–Crippen LogP) is 4.60. The van der Waals surface area contributed by atoms with Gasteiger partial charge in [0.15, 0.2) is 0 Å². The van der Waals surface area contributed by atoms with Crippen LogP contribution in [0.2, 0.25) is 0 Å². The van der Waals surface area contributed by atoms with E-state index in [2.05, 4.69) is 36.2 Å². The number of carboxylic acid groups (broad SMARTS) is 1. The predicted molar refractivity (Wildman–Crippen MR) is 95.9 cm³/mol. The van der Waals surface area contributed by atoms with Crippen molar-refractivity contribution >= 4 is 28.1 Å². The van der Waals surface area contributed by atoms with Gasteiger partial charge in [-0.2, -0.15) is 0 Å². The second kappa shape index (κ2) is 6.87. The summed E-state index contributed by atoms with van der Waals surface area (Å²) in [5.41, 5.74) is 1.95. The average Bonchev–Trinajstić information content (AvgIpc) is 2.60. The number of hydrogen-bond acceptors (Lipinski definition) is 3. The maximum absolute atomic E-state index is 10.7. The lowest BCUT2D eigenvalue weighted by Gasteiger charge is -2.10. The number of carboxylic acids is 1. The molecule has 0 aliphatic rings. The normalized spacial score (nSPS) is 10.3. The van der Waals surface area contributed by atoms with Gasteiger partial charge in [-0.1, -0.05) is 36.9 Å². The van der Waals surface area contributed by atoms with E-state index in [4.69, 9.17) is 9.84 Å². The number of rotatable bonds is 6. The zero-order valence-electron chi connectivity index (χ0n) is 13.0. The van der Waals surface area contributed by atoms with E-state index in [1.54, 1.807) is 12.1 Å². The summed E-state index contributed by atoms with van der Waals surface area (Å²) in [6.07, 6.45) is 0. The molecule has 3 rings (SSSR count). The minimum Gasteiger partial charge on any atom is -0.489 e. The summed E-state index contributed by atoms with van der Waals surface area (Å²) < 4.78 is 5.38. The van der Waals surface area contributed by atoms with Gasteiger partial charge in [0.05, 0.1) is 5.57 Å². The molecule has 0 saturated carbocycles. The Balaban J connectivity index is 1.66. The van der Waals surface area contributed by atoms with E-state index in [0.29, 0.717) is 5.75 Å². The van der Waals surface area contributed by atoms with Crippen LogP contribution in [-0.2, 0) is 4.79 Å². The zero-order valence-corrected chi connectivity index (χ0v) is 13.0. The van der Waals surface area contributed by atoms with Gasteiger partial charge < -0.3 is 15.2 Å². The molecule has 0 aliphatic heterocycles. The fourth-order valence-corrected chi connectivity index (χ4v) is 2.30. The van der Waals surface area contributed by atoms with Crippen LogP contribution in [0.3, 0.4) is 0 Å². The molecule has 24 heavy (non-hydrogen) atoms. The average molecular weight is 319 g/mol. The maximum Gasteiger partial charge on any atom is 0.334 e. The number of hydrogen-bond donors (Lipinski definition) is 2. The summed E-state index contributed by atoms with van der Waals surface area (Å²) in [7, 11) is 0. The molecule has 120 valence electrons. The number of carbonyl (C=O) groups is 1. The van der Waals surface area contributed by atoms with E-state index in [9.17, 15) is 4.79 Å². The number of aliphatic carboxylic acids is 1. The Morgan fingerprint density at radius 2 is 1.62 bits per heavy atom.